The van der Waals surface area contributed by atoms with Crippen LogP contribution < -0.4 is 0 Å². The minimum Gasteiger partial charge on any atom is -0.388 e. The van der Waals surface area contributed by atoms with E-state index < -0.39 is 6.10 Å². The number of hydrogen-bond acceptors (Lipinski definition) is 1. The van der Waals surface area contributed by atoms with Gasteiger partial charge in [-0.05, 0) is 41.9 Å². The van der Waals surface area contributed by atoms with Crippen molar-refractivity contribution in [2.45, 2.75) is 45.6 Å². The van der Waals surface area contributed by atoms with Gasteiger partial charge >= 0.3 is 0 Å². The molecular formula is C15H21FO. The quantitative estimate of drug-likeness (QED) is 0.820. The number of aliphatic hydroxyl groups excluding tert-OH is 1. The second-order valence-corrected chi connectivity index (χ2v) is 5.84. The van der Waals surface area contributed by atoms with Gasteiger partial charge in [-0.3, -0.25) is 0 Å². The van der Waals surface area contributed by atoms with Crippen molar-refractivity contribution in [1.82, 2.24) is 0 Å². The molecule has 0 radical (unpaired) electrons. The second-order valence-electron chi connectivity index (χ2n) is 5.84. The van der Waals surface area contributed by atoms with Gasteiger partial charge in [0.25, 0.3) is 0 Å². The molecule has 0 aliphatic heterocycles. The predicted octanol–water partition coefficient (Wildman–Crippen LogP) is 4.08. The Morgan fingerprint density at radius 2 is 1.88 bits per heavy atom. The lowest BCUT2D eigenvalue weighted by atomic mass is 9.65. The summed E-state index contributed by atoms with van der Waals surface area (Å²) in [5, 5.41) is 10.4. The smallest absolute Gasteiger partial charge is 0.123 e. The summed E-state index contributed by atoms with van der Waals surface area (Å²) in [5.74, 6) is 0.0329. The Hall–Kier alpha value is -0.890. The molecular weight excluding hydrogens is 215 g/mol. The largest absolute Gasteiger partial charge is 0.388 e. The van der Waals surface area contributed by atoms with Crippen molar-refractivity contribution in [2.24, 2.45) is 11.3 Å². The highest BCUT2D eigenvalue weighted by Gasteiger charge is 2.37. The molecule has 1 aromatic rings. The second kappa shape index (κ2) is 4.77. The maximum absolute atomic E-state index is 12.9. The van der Waals surface area contributed by atoms with Gasteiger partial charge < -0.3 is 5.11 Å². The lowest BCUT2D eigenvalue weighted by Gasteiger charge is -2.41. The zero-order chi connectivity index (χ0) is 12.5. The lowest BCUT2D eigenvalue weighted by Crippen LogP contribution is -2.32. The molecule has 2 heteroatoms. The normalized spacial score (nSPS) is 25.5. The van der Waals surface area contributed by atoms with Crippen LogP contribution in [-0.4, -0.2) is 5.11 Å². The maximum atomic E-state index is 12.9. The van der Waals surface area contributed by atoms with E-state index >= 15 is 0 Å². The van der Waals surface area contributed by atoms with Gasteiger partial charge in [-0.15, -0.1) is 0 Å². The van der Waals surface area contributed by atoms with E-state index in [-0.39, 0.29) is 17.2 Å². The first-order chi connectivity index (χ1) is 8.00. The van der Waals surface area contributed by atoms with Crippen molar-refractivity contribution >= 4 is 0 Å². The topological polar surface area (TPSA) is 20.2 Å². The Morgan fingerprint density at radius 1 is 1.24 bits per heavy atom. The van der Waals surface area contributed by atoms with Gasteiger partial charge in [-0.2, -0.15) is 0 Å². The molecule has 1 aliphatic rings. The zero-order valence-corrected chi connectivity index (χ0v) is 10.6. The molecule has 0 bridgehead atoms. The molecule has 0 saturated heterocycles. The monoisotopic (exact) mass is 236 g/mol. The van der Waals surface area contributed by atoms with Crippen LogP contribution >= 0.6 is 0 Å². The van der Waals surface area contributed by atoms with E-state index in [9.17, 15) is 9.50 Å². The molecule has 1 N–H and O–H groups in total. The Balaban J connectivity index is 2.18. The molecule has 1 aromatic carbocycles. The Labute approximate surface area is 103 Å². The SMILES string of the molecule is CC1(C)CCCC[C@H]1[C@H](O)c1ccc(F)cc1. The van der Waals surface area contributed by atoms with Gasteiger partial charge in [0, 0.05) is 0 Å². The third kappa shape index (κ3) is 2.68. The maximum Gasteiger partial charge on any atom is 0.123 e. The van der Waals surface area contributed by atoms with E-state index in [1.54, 1.807) is 12.1 Å². The lowest BCUT2D eigenvalue weighted by molar-refractivity contribution is 0.00383. The van der Waals surface area contributed by atoms with Crippen molar-refractivity contribution in [3.05, 3.63) is 35.6 Å². The van der Waals surface area contributed by atoms with E-state index in [0.717, 1.165) is 18.4 Å². The standard InChI is InChI=1S/C15H21FO/c1-15(2)10-4-3-5-13(15)14(17)11-6-8-12(16)9-7-11/h6-9,13-14,17H,3-5,10H2,1-2H3/t13-,14+/m0/s1. The average molecular weight is 236 g/mol. The number of benzene rings is 1. The summed E-state index contributed by atoms with van der Waals surface area (Å²) in [4.78, 5) is 0. The first kappa shape index (κ1) is 12.6. The Morgan fingerprint density at radius 3 is 2.47 bits per heavy atom. The molecule has 1 fully saturated rings. The van der Waals surface area contributed by atoms with Crippen molar-refractivity contribution in [1.29, 1.82) is 0 Å². The van der Waals surface area contributed by atoms with Crippen LogP contribution in [0.5, 0.6) is 0 Å². The van der Waals surface area contributed by atoms with Gasteiger partial charge in [0.15, 0.2) is 0 Å². The molecule has 1 aliphatic carbocycles. The molecule has 17 heavy (non-hydrogen) atoms. The van der Waals surface area contributed by atoms with Gasteiger partial charge in [0.1, 0.15) is 5.82 Å². The third-order valence-electron chi connectivity index (χ3n) is 4.18. The van der Waals surface area contributed by atoms with E-state index in [2.05, 4.69) is 13.8 Å². The fourth-order valence-corrected chi connectivity index (χ4v) is 3.00. The highest BCUT2D eigenvalue weighted by Crippen LogP contribution is 2.46. The molecule has 0 aromatic heterocycles. The van der Waals surface area contributed by atoms with E-state index in [1.165, 1.54) is 25.0 Å². The minimum absolute atomic E-state index is 0.173. The summed E-state index contributed by atoms with van der Waals surface area (Å²) in [6.45, 7) is 4.45. The van der Waals surface area contributed by atoms with Crippen molar-refractivity contribution in [3.8, 4) is 0 Å². The summed E-state index contributed by atoms with van der Waals surface area (Å²) in [6.07, 6.45) is 4.19. The summed E-state index contributed by atoms with van der Waals surface area (Å²) in [5.41, 5.74) is 1.01. The van der Waals surface area contributed by atoms with Crippen LogP contribution in [0.15, 0.2) is 24.3 Å². The summed E-state index contributed by atoms with van der Waals surface area (Å²) in [6, 6.07) is 6.25. The molecule has 1 saturated carbocycles. The molecule has 0 unspecified atom stereocenters. The molecule has 0 amide bonds. The fourth-order valence-electron chi connectivity index (χ4n) is 3.00. The van der Waals surface area contributed by atoms with E-state index in [0.29, 0.717) is 0 Å². The van der Waals surface area contributed by atoms with Crippen molar-refractivity contribution < 1.29 is 9.50 Å². The van der Waals surface area contributed by atoms with Crippen LogP contribution in [0.4, 0.5) is 4.39 Å². The molecule has 0 spiro atoms. The first-order valence-corrected chi connectivity index (χ1v) is 6.44. The number of rotatable bonds is 2. The van der Waals surface area contributed by atoms with Crippen LogP contribution in [0.25, 0.3) is 0 Å². The van der Waals surface area contributed by atoms with E-state index in [4.69, 9.17) is 0 Å². The van der Waals surface area contributed by atoms with Gasteiger partial charge in [0.2, 0.25) is 0 Å². The van der Waals surface area contributed by atoms with Gasteiger partial charge in [0.05, 0.1) is 6.10 Å². The molecule has 94 valence electrons. The summed E-state index contributed by atoms with van der Waals surface area (Å²) in [7, 11) is 0. The highest BCUT2D eigenvalue weighted by molar-refractivity contribution is 5.19. The van der Waals surface area contributed by atoms with Crippen LogP contribution in [0.2, 0.25) is 0 Å². The zero-order valence-electron chi connectivity index (χ0n) is 10.6. The summed E-state index contributed by atoms with van der Waals surface area (Å²) < 4.78 is 12.9. The summed E-state index contributed by atoms with van der Waals surface area (Å²) >= 11 is 0. The van der Waals surface area contributed by atoms with E-state index in [1.807, 2.05) is 0 Å². The number of halogens is 1. The molecule has 0 heterocycles. The first-order valence-electron chi connectivity index (χ1n) is 6.44. The number of hydrogen-bond donors (Lipinski definition) is 1. The minimum atomic E-state index is -0.467. The van der Waals surface area contributed by atoms with Crippen LogP contribution in [-0.2, 0) is 0 Å². The van der Waals surface area contributed by atoms with Crippen LogP contribution in [0, 0.1) is 17.2 Å². The fraction of sp³-hybridized carbons (Fsp3) is 0.600. The van der Waals surface area contributed by atoms with Crippen molar-refractivity contribution in [3.63, 3.8) is 0 Å². The average Bonchev–Trinajstić information content (AvgIpc) is 2.28. The number of aliphatic hydroxyl groups is 1. The van der Waals surface area contributed by atoms with Crippen LogP contribution in [0.3, 0.4) is 0 Å². The third-order valence-corrected chi connectivity index (χ3v) is 4.18. The van der Waals surface area contributed by atoms with Gasteiger partial charge in [-0.1, -0.05) is 38.8 Å². The van der Waals surface area contributed by atoms with Gasteiger partial charge in [-0.25, -0.2) is 4.39 Å². The van der Waals surface area contributed by atoms with Crippen LogP contribution in [0.1, 0.15) is 51.2 Å². The molecule has 2 rings (SSSR count). The van der Waals surface area contributed by atoms with Crippen molar-refractivity contribution in [2.75, 3.05) is 0 Å². The molecule has 2 atom stereocenters. The Kier molecular flexibility index (Phi) is 3.53. The Bertz CT molecular complexity index is 369. The molecule has 1 nitrogen and oxygen atoms in total. The highest BCUT2D eigenvalue weighted by atomic mass is 19.1. The predicted molar refractivity (Wildman–Crippen MR) is 67.1 cm³/mol.